The molecule has 2 atom stereocenters. The molecule has 40 heavy (non-hydrogen) atoms. The third-order valence-corrected chi connectivity index (χ3v) is 8.80. The fraction of sp³-hybridized carbons (Fsp3) is 0.441. The molecule has 0 aliphatic heterocycles. The number of hydrogen-bond donors (Lipinski definition) is 0. The van der Waals surface area contributed by atoms with Gasteiger partial charge in [-0.25, -0.2) is 8.78 Å². The van der Waals surface area contributed by atoms with Gasteiger partial charge in [-0.1, -0.05) is 32.4 Å². The normalized spacial score (nSPS) is 18.8. The van der Waals surface area contributed by atoms with Crippen LogP contribution >= 0.6 is 0 Å². The lowest BCUT2D eigenvalue weighted by molar-refractivity contribution is -0.141. The Balaban J connectivity index is 1.46. The van der Waals surface area contributed by atoms with Crippen LogP contribution in [0.4, 0.5) is 8.78 Å². The molecule has 0 radical (unpaired) electrons. The monoisotopic (exact) mass is 548 g/mol. The van der Waals surface area contributed by atoms with Gasteiger partial charge in [-0.05, 0) is 108 Å². The van der Waals surface area contributed by atoms with Gasteiger partial charge in [-0.15, -0.1) is 0 Å². The van der Waals surface area contributed by atoms with E-state index >= 15 is 8.78 Å². The highest BCUT2D eigenvalue weighted by Crippen LogP contribution is 2.52. The molecule has 212 valence electrons. The highest BCUT2D eigenvalue weighted by molar-refractivity contribution is 5.71. The zero-order valence-corrected chi connectivity index (χ0v) is 23.8. The Bertz CT molecular complexity index is 1380. The number of esters is 1. The maximum atomic E-state index is 15.6. The topological polar surface area (TPSA) is 44.8 Å². The minimum Gasteiger partial charge on any atom is -0.497 e. The van der Waals surface area contributed by atoms with Gasteiger partial charge in [0.1, 0.15) is 29.7 Å². The summed E-state index contributed by atoms with van der Waals surface area (Å²) in [5.41, 5.74) is 3.32. The molecule has 0 spiro atoms. The van der Waals surface area contributed by atoms with E-state index in [1.165, 1.54) is 26.4 Å². The second-order valence-electron chi connectivity index (χ2n) is 11.9. The third-order valence-electron chi connectivity index (χ3n) is 8.80. The maximum absolute atomic E-state index is 15.6. The summed E-state index contributed by atoms with van der Waals surface area (Å²) in [6.45, 7) is 4.50. The second-order valence-corrected chi connectivity index (χ2v) is 11.9. The number of halogens is 2. The molecule has 5 rings (SSSR count). The lowest BCUT2D eigenvalue weighted by Crippen LogP contribution is -2.17. The van der Waals surface area contributed by atoms with Gasteiger partial charge in [-0.3, -0.25) is 4.79 Å². The van der Waals surface area contributed by atoms with Crippen molar-refractivity contribution in [2.24, 2.45) is 11.3 Å². The third kappa shape index (κ3) is 6.01. The standard InChI is InChI=1S/C34H38F2O4/c1-34(2)14-6-9-30(34)28-16-23(32(36)18-27(28)29-17-24(38-3)12-13-31(29)35)20-40-25-8-5-7-22(15-25)26(21-10-11-21)19-33(37)39-4/h5,7-8,12-13,15-18,21,26,30H,6,9-11,14,19-20H2,1-4H3/t26?,30-/m1/s1. The number of carbonyl (C=O) groups is 1. The summed E-state index contributed by atoms with van der Waals surface area (Å²) in [6, 6.07) is 15.6. The number of hydrogen-bond acceptors (Lipinski definition) is 4. The molecule has 3 aromatic rings. The second kappa shape index (κ2) is 11.6. The van der Waals surface area contributed by atoms with Gasteiger partial charge < -0.3 is 14.2 Å². The molecular weight excluding hydrogens is 510 g/mol. The summed E-state index contributed by atoms with van der Waals surface area (Å²) in [6.07, 6.45) is 5.62. The van der Waals surface area contributed by atoms with Gasteiger partial charge in [0.2, 0.25) is 0 Å². The van der Waals surface area contributed by atoms with Crippen LogP contribution in [0.25, 0.3) is 11.1 Å². The number of methoxy groups -OCH3 is 2. The van der Waals surface area contributed by atoms with Crippen molar-refractivity contribution < 1.29 is 27.8 Å². The van der Waals surface area contributed by atoms with Crippen LogP contribution in [0.15, 0.2) is 54.6 Å². The summed E-state index contributed by atoms with van der Waals surface area (Å²) in [5.74, 6) is 0.795. The van der Waals surface area contributed by atoms with Crippen LogP contribution in [0.1, 0.15) is 80.9 Å². The Morgan fingerprint density at radius 1 is 0.950 bits per heavy atom. The average molecular weight is 549 g/mol. The molecule has 2 aliphatic rings. The molecule has 0 heterocycles. The Labute approximate surface area is 235 Å². The van der Waals surface area contributed by atoms with Gasteiger partial charge in [0.05, 0.1) is 20.6 Å². The Morgan fingerprint density at radius 3 is 2.42 bits per heavy atom. The first-order chi connectivity index (χ1) is 19.2. The summed E-state index contributed by atoms with van der Waals surface area (Å²) in [7, 11) is 2.95. The van der Waals surface area contributed by atoms with Gasteiger partial charge in [0, 0.05) is 11.1 Å². The Kier molecular flexibility index (Phi) is 8.16. The van der Waals surface area contributed by atoms with Crippen molar-refractivity contribution >= 4 is 5.97 Å². The highest BCUT2D eigenvalue weighted by Gasteiger charge is 2.38. The molecule has 3 aromatic carbocycles. The Morgan fingerprint density at radius 2 is 1.75 bits per heavy atom. The zero-order valence-electron chi connectivity index (χ0n) is 23.8. The van der Waals surface area contributed by atoms with Crippen molar-refractivity contribution in [3.05, 3.63) is 82.9 Å². The molecule has 1 unspecified atom stereocenters. The van der Waals surface area contributed by atoms with Crippen molar-refractivity contribution in [3.8, 4) is 22.6 Å². The quantitative estimate of drug-likeness (QED) is 0.238. The van der Waals surface area contributed by atoms with E-state index in [1.54, 1.807) is 12.1 Å². The molecule has 0 saturated heterocycles. The van der Waals surface area contributed by atoms with E-state index in [2.05, 4.69) is 13.8 Å². The van der Waals surface area contributed by atoms with Gasteiger partial charge in [-0.2, -0.15) is 0 Å². The lowest BCUT2D eigenvalue weighted by Gasteiger charge is -2.30. The van der Waals surface area contributed by atoms with Crippen LogP contribution in [0.3, 0.4) is 0 Å². The Hall–Kier alpha value is -3.41. The molecule has 2 saturated carbocycles. The fourth-order valence-corrected chi connectivity index (χ4v) is 6.32. The van der Waals surface area contributed by atoms with Crippen LogP contribution in [0, 0.1) is 23.0 Å². The largest absolute Gasteiger partial charge is 0.497 e. The number of benzene rings is 3. The summed E-state index contributed by atoms with van der Waals surface area (Å²) >= 11 is 0. The maximum Gasteiger partial charge on any atom is 0.306 e. The number of ether oxygens (including phenoxy) is 3. The molecule has 0 aromatic heterocycles. The van der Waals surface area contributed by atoms with Crippen molar-refractivity contribution in [1.82, 2.24) is 0 Å². The summed E-state index contributed by atoms with van der Waals surface area (Å²) in [4.78, 5) is 12.0. The van der Waals surface area contributed by atoms with Gasteiger partial charge in [0.15, 0.2) is 0 Å². The smallest absolute Gasteiger partial charge is 0.306 e. The predicted molar refractivity (Wildman–Crippen MR) is 152 cm³/mol. The molecule has 2 aliphatic carbocycles. The molecule has 0 amide bonds. The van der Waals surface area contributed by atoms with Crippen molar-refractivity contribution in [3.63, 3.8) is 0 Å². The molecule has 0 bridgehead atoms. The zero-order chi connectivity index (χ0) is 28.4. The fourth-order valence-electron chi connectivity index (χ4n) is 6.32. The molecule has 4 nitrogen and oxygen atoms in total. The van der Waals surface area contributed by atoms with Crippen LogP contribution in [0.5, 0.6) is 11.5 Å². The van der Waals surface area contributed by atoms with Crippen LogP contribution in [-0.4, -0.2) is 20.2 Å². The van der Waals surface area contributed by atoms with E-state index in [4.69, 9.17) is 14.2 Å². The van der Waals surface area contributed by atoms with E-state index in [9.17, 15) is 4.79 Å². The van der Waals surface area contributed by atoms with Gasteiger partial charge >= 0.3 is 5.97 Å². The lowest BCUT2D eigenvalue weighted by atomic mass is 9.75. The minimum atomic E-state index is -0.436. The van der Waals surface area contributed by atoms with Gasteiger partial charge in [0.25, 0.3) is 0 Å². The number of rotatable bonds is 10. The van der Waals surface area contributed by atoms with E-state index in [0.29, 0.717) is 40.5 Å². The first-order valence-electron chi connectivity index (χ1n) is 14.2. The summed E-state index contributed by atoms with van der Waals surface area (Å²) in [5, 5.41) is 0. The first-order valence-corrected chi connectivity index (χ1v) is 14.2. The minimum absolute atomic E-state index is 0.00580. The van der Waals surface area contributed by atoms with Crippen molar-refractivity contribution in [1.29, 1.82) is 0 Å². The van der Waals surface area contributed by atoms with Crippen LogP contribution in [0.2, 0.25) is 0 Å². The predicted octanol–water partition coefficient (Wildman–Crippen LogP) is 8.57. The molecule has 2 fully saturated rings. The molecule has 6 heteroatoms. The van der Waals surface area contributed by atoms with E-state index < -0.39 is 11.6 Å². The SMILES string of the molecule is COC(=O)CC(c1cccc(OCc2cc([C@H]3CCCC3(C)C)c(-c3cc(OC)ccc3F)cc2F)c1)C1CC1. The average Bonchev–Trinajstić information content (AvgIpc) is 3.73. The van der Waals surface area contributed by atoms with Crippen molar-refractivity contribution in [2.75, 3.05) is 14.2 Å². The summed E-state index contributed by atoms with van der Waals surface area (Å²) < 4.78 is 47.1. The number of carbonyl (C=O) groups excluding carboxylic acids is 1. The van der Waals surface area contributed by atoms with E-state index in [-0.39, 0.29) is 29.8 Å². The van der Waals surface area contributed by atoms with Crippen LogP contribution in [-0.2, 0) is 16.1 Å². The van der Waals surface area contributed by atoms with Crippen molar-refractivity contribution in [2.45, 2.75) is 70.8 Å². The van der Waals surface area contributed by atoms with E-state index in [0.717, 1.165) is 43.2 Å². The molecular formula is C34H38F2O4. The van der Waals surface area contributed by atoms with E-state index in [1.807, 2.05) is 30.3 Å². The highest BCUT2D eigenvalue weighted by atomic mass is 19.1. The first kappa shape index (κ1) is 28.1. The molecule has 0 N–H and O–H groups in total. The van der Waals surface area contributed by atoms with Crippen LogP contribution < -0.4 is 9.47 Å².